The van der Waals surface area contributed by atoms with Crippen LogP contribution in [0.25, 0.3) is 10.9 Å². The predicted octanol–water partition coefficient (Wildman–Crippen LogP) is 2.80. The van der Waals surface area contributed by atoms with Crippen molar-refractivity contribution >= 4 is 16.9 Å². The Labute approximate surface area is 167 Å². The van der Waals surface area contributed by atoms with Crippen molar-refractivity contribution in [2.45, 2.75) is 19.4 Å². The third-order valence-electron chi connectivity index (χ3n) is 4.40. The number of nitrogens with one attached hydrogen (secondary N) is 1. The summed E-state index contributed by atoms with van der Waals surface area (Å²) in [5.41, 5.74) is 0.897. The van der Waals surface area contributed by atoms with Crippen LogP contribution in [0.1, 0.15) is 24.4 Å². The Hall–Kier alpha value is -3.55. The van der Waals surface area contributed by atoms with Crippen LogP contribution >= 0.6 is 0 Å². The van der Waals surface area contributed by atoms with Crippen molar-refractivity contribution in [2.24, 2.45) is 0 Å². The van der Waals surface area contributed by atoms with E-state index >= 15 is 0 Å². The normalized spacial score (nSPS) is 11.7. The number of aromatic amines is 1. The summed E-state index contributed by atoms with van der Waals surface area (Å²) in [5, 5.41) is 0.479. The summed E-state index contributed by atoms with van der Waals surface area (Å²) in [5.74, 6) is 1.14. The minimum atomic E-state index is -0.721. The SMILES string of the molecule is COc1cc(CC(=O)O[C@@H](C)c2nc3ccccc3c(=O)[nH]2)cc(OC)c1OC. The molecule has 0 unspecified atom stereocenters. The number of ether oxygens (including phenoxy) is 4. The van der Waals surface area contributed by atoms with Crippen molar-refractivity contribution in [3.63, 3.8) is 0 Å². The maximum absolute atomic E-state index is 12.4. The number of fused-ring (bicyclic) bond motifs is 1. The summed E-state index contributed by atoms with van der Waals surface area (Å²) in [6, 6.07) is 10.3. The maximum Gasteiger partial charge on any atom is 0.310 e. The van der Waals surface area contributed by atoms with Crippen LogP contribution in [0, 0.1) is 0 Å². The van der Waals surface area contributed by atoms with Crippen LogP contribution in [0.2, 0.25) is 0 Å². The van der Waals surface area contributed by atoms with Gasteiger partial charge in [-0.15, -0.1) is 0 Å². The molecule has 29 heavy (non-hydrogen) atoms. The molecule has 0 saturated heterocycles. The average molecular weight is 398 g/mol. The van der Waals surface area contributed by atoms with E-state index in [0.717, 1.165) is 0 Å². The van der Waals surface area contributed by atoms with Gasteiger partial charge >= 0.3 is 5.97 Å². The highest BCUT2D eigenvalue weighted by Crippen LogP contribution is 2.38. The lowest BCUT2D eigenvalue weighted by Gasteiger charge is -2.15. The Balaban J connectivity index is 1.78. The summed E-state index contributed by atoms with van der Waals surface area (Å²) in [4.78, 5) is 31.7. The number of esters is 1. The number of rotatable bonds is 7. The van der Waals surface area contributed by atoms with Crippen molar-refractivity contribution < 1.29 is 23.7 Å². The molecule has 0 fully saturated rings. The fraction of sp³-hybridized carbons (Fsp3) is 0.286. The molecule has 3 aromatic rings. The summed E-state index contributed by atoms with van der Waals surface area (Å²) in [6.07, 6.45) is -0.736. The predicted molar refractivity (Wildman–Crippen MR) is 107 cm³/mol. The molecule has 3 rings (SSSR count). The number of aromatic nitrogens is 2. The first-order valence-corrected chi connectivity index (χ1v) is 8.94. The minimum absolute atomic E-state index is 0.0150. The monoisotopic (exact) mass is 398 g/mol. The molecule has 1 aromatic heterocycles. The maximum atomic E-state index is 12.4. The van der Waals surface area contributed by atoms with Gasteiger partial charge in [0.05, 0.1) is 38.7 Å². The van der Waals surface area contributed by atoms with E-state index in [1.807, 2.05) is 0 Å². The van der Waals surface area contributed by atoms with Gasteiger partial charge in [0.2, 0.25) is 5.75 Å². The standard InChI is InChI=1S/C21H22N2O6/c1-12(20-22-15-8-6-5-7-14(15)21(25)23-20)29-18(24)11-13-9-16(26-2)19(28-4)17(10-13)27-3/h5-10,12H,11H2,1-4H3,(H,22,23,25)/t12-/m0/s1. The molecule has 0 aliphatic rings. The molecule has 0 saturated carbocycles. The van der Waals surface area contributed by atoms with Crippen molar-refractivity contribution in [3.05, 3.63) is 58.1 Å². The average Bonchev–Trinajstić information content (AvgIpc) is 2.72. The largest absolute Gasteiger partial charge is 0.493 e. The number of hydrogen-bond acceptors (Lipinski definition) is 7. The van der Waals surface area contributed by atoms with Gasteiger partial charge in [0.1, 0.15) is 0 Å². The highest BCUT2D eigenvalue weighted by atomic mass is 16.5. The Morgan fingerprint density at radius 1 is 1.07 bits per heavy atom. The zero-order valence-corrected chi connectivity index (χ0v) is 16.6. The van der Waals surface area contributed by atoms with Gasteiger partial charge < -0.3 is 23.9 Å². The molecule has 0 aliphatic heterocycles. The molecular formula is C21H22N2O6. The number of methoxy groups -OCH3 is 3. The van der Waals surface area contributed by atoms with E-state index < -0.39 is 12.1 Å². The van der Waals surface area contributed by atoms with Gasteiger partial charge in [-0.1, -0.05) is 12.1 Å². The van der Waals surface area contributed by atoms with Crippen LogP contribution in [0.5, 0.6) is 17.2 Å². The zero-order valence-electron chi connectivity index (χ0n) is 16.6. The second kappa shape index (κ2) is 8.64. The summed E-state index contributed by atoms with van der Waals surface area (Å²) in [6.45, 7) is 1.65. The van der Waals surface area contributed by atoms with E-state index in [4.69, 9.17) is 18.9 Å². The van der Waals surface area contributed by atoms with Gasteiger partial charge in [0.25, 0.3) is 5.56 Å². The molecule has 0 radical (unpaired) electrons. The van der Waals surface area contributed by atoms with Crippen molar-refractivity contribution in [1.29, 1.82) is 0 Å². The molecule has 0 bridgehead atoms. The van der Waals surface area contributed by atoms with Gasteiger partial charge in [0, 0.05) is 0 Å². The molecule has 0 amide bonds. The van der Waals surface area contributed by atoms with E-state index in [1.54, 1.807) is 43.3 Å². The molecule has 1 N–H and O–H groups in total. The minimum Gasteiger partial charge on any atom is -0.493 e. The van der Waals surface area contributed by atoms with Gasteiger partial charge in [-0.05, 0) is 36.8 Å². The van der Waals surface area contributed by atoms with Crippen LogP contribution < -0.4 is 19.8 Å². The highest BCUT2D eigenvalue weighted by Gasteiger charge is 2.19. The van der Waals surface area contributed by atoms with Gasteiger partial charge in [-0.25, -0.2) is 4.98 Å². The van der Waals surface area contributed by atoms with Crippen LogP contribution in [0.15, 0.2) is 41.2 Å². The molecule has 1 atom stereocenters. The zero-order chi connectivity index (χ0) is 21.0. The molecule has 1 heterocycles. The van der Waals surface area contributed by atoms with E-state index in [1.165, 1.54) is 21.3 Å². The van der Waals surface area contributed by atoms with E-state index in [0.29, 0.717) is 33.7 Å². The van der Waals surface area contributed by atoms with Crippen LogP contribution in [-0.2, 0) is 16.0 Å². The van der Waals surface area contributed by atoms with Crippen LogP contribution in [0.3, 0.4) is 0 Å². The Bertz CT molecular complexity index is 1070. The lowest BCUT2D eigenvalue weighted by molar-refractivity contribution is -0.148. The van der Waals surface area contributed by atoms with Crippen LogP contribution in [0.4, 0.5) is 0 Å². The highest BCUT2D eigenvalue weighted by molar-refractivity contribution is 5.77. The number of H-pyrrole nitrogens is 1. The molecule has 2 aromatic carbocycles. The fourth-order valence-electron chi connectivity index (χ4n) is 3.00. The first-order valence-electron chi connectivity index (χ1n) is 8.94. The van der Waals surface area contributed by atoms with Gasteiger partial charge in [-0.2, -0.15) is 0 Å². The number of benzene rings is 2. The Morgan fingerprint density at radius 2 is 1.72 bits per heavy atom. The quantitative estimate of drug-likeness (QED) is 0.611. The van der Waals surface area contributed by atoms with Crippen molar-refractivity contribution in [1.82, 2.24) is 9.97 Å². The summed E-state index contributed by atoms with van der Waals surface area (Å²) >= 11 is 0. The number of nitrogens with zero attached hydrogens (tertiary/aromatic N) is 1. The summed E-state index contributed by atoms with van der Waals surface area (Å²) < 4.78 is 21.3. The smallest absolute Gasteiger partial charge is 0.310 e. The van der Waals surface area contributed by atoms with Crippen molar-refractivity contribution in [3.8, 4) is 17.2 Å². The Kier molecular flexibility index (Phi) is 6.01. The lowest BCUT2D eigenvalue weighted by atomic mass is 10.1. The van der Waals surface area contributed by atoms with E-state index in [2.05, 4.69) is 9.97 Å². The number of carbonyl (C=O) groups is 1. The number of hydrogen-bond donors (Lipinski definition) is 1. The lowest BCUT2D eigenvalue weighted by Crippen LogP contribution is -2.18. The first kappa shape index (κ1) is 20.2. The van der Waals surface area contributed by atoms with Crippen LogP contribution in [-0.4, -0.2) is 37.3 Å². The van der Waals surface area contributed by atoms with E-state index in [-0.39, 0.29) is 17.8 Å². The van der Waals surface area contributed by atoms with Gasteiger partial charge in [-0.3, -0.25) is 9.59 Å². The van der Waals surface area contributed by atoms with E-state index in [9.17, 15) is 9.59 Å². The molecule has 8 heteroatoms. The van der Waals surface area contributed by atoms with Crippen molar-refractivity contribution in [2.75, 3.05) is 21.3 Å². The number of para-hydroxylation sites is 1. The number of carbonyl (C=O) groups excluding carboxylic acids is 1. The topological polar surface area (TPSA) is 99.7 Å². The van der Waals surface area contributed by atoms with Gasteiger partial charge in [0.15, 0.2) is 23.4 Å². The second-order valence-corrected chi connectivity index (χ2v) is 6.31. The molecule has 0 spiro atoms. The summed E-state index contributed by atoms with van der Waals surface area (Å²) in [7, 11) is 4.51. The molecule has 8 nitrogen and oxygen atoms in total. The first-order chi connectivity index (χ1) is 14.0. The molecule has 0 aliphatic carbocycles. The fourth-order valence-corrected chi connectivity index (χ4v) is 3.00. The molecular weight excluding hydrogens is 376 g/mol. The second-order valence-electron chi connectivity index (χ2n) is 6.31. The third-order valence-corrected chi connectivity index (χ3v) is 4.40. The molecule has 152 valence electrons. The Morgan fingerprint density at radius 3 is 2.34 bits per heavy atom. The third kappa shape index (κ3) is 4.31.